The van der Waals surface area contributed by atoms with Crippen LogP contribution in [-0.4, -0.2) is 4.32 Å². The Morgan fingerprint density at radius 1 is 1.73 bits per heavy atom. The second-order valence-corrected chi connectivity index (χ2v) is 3.43. The molecule has 0 unspecified atom stereocenters. The predicted octanol–water partition coefficient (Wildman–Crippen LogP) is 1.56. The van der Waals surface area contributed by atoms with Gasteiger partial charge >= 0.3 is 0 Å². The minimum Gasteiger partial charge on any atom is -0.344 e. The Hall–Kier alpha value is -0.170. The van der Waals surface area contributed by atoms with E-state index in [1.165, 1.54) is 11.9 Å². The second-order valence-electron chi connectivity index (χ2n) is 1.56. The maximum absolute atomic E-state index is 4.72. The Balaban J connectivity index is 0.000001000. The number of thiol groups is 1. The molecule has 0 aromatic heterocycles. The maximum atomic E-state index is 4.72. The molecular formula is C5H9N3S3. The average Bonchev–Trinajstić information content (AvgIpc) is 1.88. The molecule has 11 heavy (non-hydrogen) atoms. The standard InChI is InChI=1S/C5H6N2S3.H3N/c8-5(9)6-4-2-1-3-10-7-4;/h1-3,7H,(H2,6,8,9);1H3. The fraction of sp³-hybridized carbons (Fsp3) is 0. The zero-order valence-electron chi connectivity index (χ0n) is 5.70. The molecule has 1 aliphatic rings. The minimum atomic E-state index is 0. The van der Waals surface area contributed by atoms with Gasteiger partial charge in [-0.05, 0) is 23.4 Å². The highest BCUT2D eigenvalue weighted by Gasteiger charge is 1.96. The smallest absolute Gasteiger partial charge is 0.136 e. The monoisotopic (exact) mass is 207 g/mol. The molecule has 5 N–H and O–H groups in total. The molecule has 0 spiro atoms. The van der Waals surface area contributed by atoms with E-state index in [0.717, 1.165) is 5.82 Å². The van der Waals surface area contributed by atoms with Crippen LogP contribution in [0.15, 0.2) is 23.4 Å². The average molecular weight is 207 g/mol. The molecule has 0 amide bonds. The summed E-state index contributed by atoms with van der Waals surface area (Å²) in [6.45, 7) is 0. The van der Waals surface area contributed by atoms with Crippen molar-refractivity contribution in [2.75, 3.05) is 0 Å². The first-order valence-corrected chi connectivity index (χ1v) is 4.31. The van der Waals surface area contributed by atoms with Crippen molar-refractivity contribution in [3.63, 3.8) is 0 Å². The van der Waals surface area contributed by atoms with E-state index in [1.807, 2.05) is 17.6 Å². The molecule has 62 valence electrons. The van der Waals surface area contributed by atoms with Crippen LogP contribution < -0.4 is 16.2 Å². The molecular weight excluding hydrogens is 198 g/mol. The van der Waals surface area contributed by atoms with Gasteiger partial charge in [0.25, 0.3) is 0 Å². The van der Waals surface area contributed by atoms with E-state index in [4.69, 9.17) is 12.2 Å². The summed E-state index contributed by atoms with van der Waals surface area (Å²) >= 11 is 10.1. The maximum Gasteiger partial charge on any atom is 0.136 e. The van der Waals surface area contributed by atoms with Crippen LogP contribution in [-0.2, 0) is 0 Å². The van der Waals surface area contributed by atoms with Gasteiger partial charge in [0.2, 0.25) is 0 Å². The van der Waals surface area contributed by atoms with E-state index in [0.29, 0.717) is 4.32 Å². The summed E-state index contributed by atoms with van der Waals surface area (Å²) < 4.78 is 3.46. The zero-order chi connectivity index (χ0) is 7.40. The van der Waals surface area contributed by atoms with Crippen LogP contribution in [0.2, 0.25) is 0 Å². The molecule has 1 aliphatic heterocycles. The number of allylic oxidation sites excluding steroid dienone is 2. The first-order chi connectivity index (χ1) is 4.79. The van der Waals surface area contributed by atoms with E-state index >= 15 is 0 Å². The highest BCUT2D eigenvalue weighted by atomic mass is 32.2. The Kier molecular flexibility index (Phi) is 5.39. The molecule has 0 aliphatic carbocycles. The lowest BCUT2D eigenvalue weighted by Gasteiger charge is -2.10. The summed E-state index contributed by atoms with van der Waals surface area (Å²) in [4.78, 5) is 0. The molecule has 0 saturated carbocycles. The number of hydrogen-bond donors (Lipinski definition) is 4. The molecule has 6 heteroatoms. The number of hydrogen-bond acceptors (Lipinski definition) is 4. The summed E-state index contributed by atoms with van der Waals surface area (Å²) in [5, 5.41) is 4.79. The molecule has 1 heterocycles. The lowest BCUT2D eigenvalue weighted by atomic mass is 10.5. The third kappa shape index (κ3) is 4.31. The fourth-order valence-corrected chi connectivity index (χ4v) is 1.19. The highest BCUT2D eigenvalue weighted by molar-refractivity contribution is 8.11. The quantitative estimate of drug-likeness (QED) is 0.299. The fourth-order valence-electron chi connectivity index (χ4n) is 0.489. The molecule has 0 atom stereocenters. The molecule has 0 bridgehead atoms. The van der Waals surface area contributed by atoms with Gasteiger partial charge in [0, 0.05) is 0 Å². The third-order valence-electron chi connectivity index (χ3n) is 0.820. The van der Waals surface area contributed by atoms with Gasteiger partial charge in [0.15, 0.2) is 0 Å². The molecule has 0 saturated heterocycles. The van der Waals surface area contributed by atoms with Gasteiger partial charge in [-0.1, -0.05) is 18.3 Å². The van der Waals surface area contributed by atoms with Crippen molar-refractivity contribution < 1.29 is 0 Å². The van der Waals surface area contributed by atoms with Crippen molar-refractivity contribution in [2.24, 2.45) is 0 Å². The number of rotatable bonds is 1. The van der Waals surface area contributed by atoms with Crippen LogP contribution in [0.3, 0.4) is 0 Å². The van der Waals surface area contributed by atoms with Crippen LogP contribution in [0, 0.1) is 0 Å². The van der Waals surface area contributed by atoms with Gasteiger partial charge in [0.1, 0.15) is 10.1 Å². The van der Waals surface area contributed by atoms with E-state index in [2.05, 4.69) is 22.7 Å². The summed E-state index contributed by atoms with van der Waals surface area (Å²) in [7, 11) is 0. The lowest BCUT2D eigenvalue weighted by Crippen LogP contribution is -2.24. The normalized spacial score (nSPS) is 14.1. The Bertz CT molecular complexity index is 199. The van der Waals surface area contributed by atoms with E-state index < -0.39 is 0 Å². The highest BCUT2D eigenvalue weighted by Crippen LogP contribution is 2.05. The largest absolute Gasteiger partial charge is 0.344 e. The van der Waals surface area contributed by atoms with Crippen LogP contribution in [0.25, 0.3) is 0 Å². The van der Waals surface area contributed by atoms with Crippen molar-refractivity contribution in [2.45, 2.75) is 0 Å². The Morgan fingerprint density at radius 3 is 2.91 bits per heavy atom. The van der Waals surface area contributed by atoms with Crippen molar-refractivity contribution >= 4 is 41.1 Å². The second kappa shape index (κ2) is 5.48. The van der Waals surface area contributed by atoms with Crippen molar-refractivity contribution in [3.05, 3.63) is 23.4 Å². The topological polar surface area (TPSA) is 59.1 Å². The summed E-state index contributed by atoms with van der Waals surface area (Å²) in [6.07, 6.45) is 3.81. The molecule has 0 aromatic rings. The molecule has 0 fully saturated rings. The van der Waals surface area contributed by atoms with Crippen LogP contribution in [0.5, 0.6) is 0 Å². The molecule has 1 rings (SSSR count). The Morgan fingerprint density at radius 2 is 2.45 bits per heavy atom. The first kappa shape index (κ1) is 10.8. The van der Waals surface area contributed by atoms with Gasteiger partial charge in [-0.2, -0.15) is 0 Å². The SMILES string of the molecule is N.S=C(S)NC1=CC=CSN1. The first-order valence-electron chi connectivity index (χ1n) is 2.57. The minimum absolute atomic E-state index is 0. The number of thiocarbonyl (C=S) groups is 1. The van der Waals surface area contributed by atoms with Crippen LogP contribution >= 0.6 is 36.8 Å². The molecule has 0 radical (unpaired) electrons. The van der Waals surface area contributed by atoms with E-state index in [9.17, 15) is 0 Å². The van der Waals surface area contributed by atoms with Gasteiger partial charge < -0.3 is 16.2 Å². The molecule has 0 aromatic carbocycles. The van der Waals surface area contributed by atoms with Gasteiger partial charge in [0.05, 0.1) is 0 Å². The zero-order valence-corrected chi connectivity index (χ0v) is 8.23. The predicted molar refractivity (Wildman–Crippen MR) is 57.7 cm³/mol. The Labute approximate surface area is 80.8 Å². The summed E-state index contributed by atoms with van der Waals surface area (Å²) in [6, 6.07) is 0. The van der Waals surface area contributed by atoms with Crippen LogP contribution in [0.1, 0.15) is 0 Å². The van der Waals surface area contributed by atoms with Crippen LogP contribution in [0.4, 0.5) is 0 Å². The van der Waals surface area contributed by atoms with Crippen molar-refractivity contribution in [1.29, 1.82) is 0 Å². The van der Waals surface area contributed by atoms with Gasteiger partial charge in [-0.3, -0.25) is 0 Å². The van der Waals surface area contributed by atoms with E-state index in [1.54, 1.807) is 0 Å². The van der Waals surface area contributed by atoms with E-state index in [-0.39, 0.29) is 6.15 Å². The van der Waals surface area contributed by atoms with Gasteiger partial charge in [-0.15, -0.1) is 12.6 Å². The van der Waals surface area contributed by atoms with Gasteiger partial charge in [-0.25, -0.2) is 0 Å². The third-order valence-corrected chi connectivity index (χ3v) is 1.66. The molecule has 3 nitrogen and oxygen atoms in total. The lowest BCUT2D eigenvalue weighted by molar-refractivity contribution is 1.05. The summed E-state index contributed by atoms with van der Waals surface area (Å²) in [5.41, 5.74) is 0. The van der Waals surface area contributed by atoms with Crippen molar-refractivity contribution in [1.82, 2.24) is 16.2 Å². The van der Waals surface area contributed by atoms with Crippen molar-refractivity contribution in [3.8, 4) is 0 Å². The number of nitrogens with one attached hydrogen (secondary N) is 2. The summed E-state index contributed by atoms with van der Waals surface area (Å²) in [5.74, 6) is 0.868.